The normalized spacial score (nSPS) is 8.00. The van der Waals surface area contributed by atoms with Gasteiger partial charge in [-0.1, -0.05) is 79.1 Å². The largest absolute Gasteiger partial charge is 4.00 e. The minimum Gasteiger partial charge on any atom is -0.854 e. The van der Waals surface area contributed by atoms with Gasteiger partial charge in [0.15, 0.2) is 0 Å². The summed E-state index contributed by atoms with van der Waals surface area (Å²) in [6.07, 6.45) is 7.46. The molecule has 0 radical (unpaired) electrons. The summed E-state index contributed by atoms with van der Waals surface area (Å²) in [4.78, 5) is 0. The van der Waals surface area contributed by atoms with Crippen molar-refractivity contribution in [1.82, 2.24) is 0 Å². The summed E-state index contributed by atoms with van der Waals surface area (Å²) in [5.74, 6) is 0. The third-order valence-electron chi connectivity index (χ3n) is 1.99. The first-order chi connectivity index (χ1) is 9.66. The van der Waals surface area contributed by atoms with E-state index >= 15 is 0 Å². The molecule has 0 heterocycles. The molecule has 0 aromatic carbocycles. The van der Waals surface area contributed by atoms with Crippen molar-refractivity contribution in [2.75, 3.05) is 26.4 Å². The maximum atomic E-state index is 9.53. The van der Waals surface area contributed by atoms with E-state index in [1.165, 1.54) is 0 Å². The fourth-order valence-electron chi connectivity index (χ4n) is 0.577. The van der Waals surface area contributed by atoms with Crippen LogP contribution < -0.4 is 20.4 Å². The Kier molecular flexibility index (Phi) is 78.9. The van der Waals surface area contributed by atoms with Gasteiger partial charge in [0.1, 0.15) is 0 Å². The first-order valence-corrected chi connectivity index (χ1v) is 7.98. The molecule has 0 aliphatic rings. The van der Waals surface area contributed by atoms with Gasteiger partial charge in [0.05, 0.1) is 0 Å². The second kappa shape index (κ2) is 49.9. The van der Waals surface area contributed by atoms with Crippen LogP contribution >= 0.6 is 0 Å². The van der Waals surface area contributed by atoms with E-state index in [-0.39, 0.29) is 47.5 Å². The fourth-order valence-corrected chi connectivity index (χ4v) is 0.577. The molecule has 0 saturated carbocycles. The number of hydrogen-bond donors (Lipinski definition) is 0. The molecule has 0 N–H and O–H groups in total. The Hall–Kier alpha value is 0.528. The standard InChI is InChI=1S/4C4H9O.Mo/c4*1-2-3-4-5;/h4*2-4H2,1H3;/q4*-1;+4. The maximum Gasteiger partial charge on any atom is 4.00 e. The van der Waals surface area contributed by atoms with E-state index in [0.717, 1.165) is 51.4 Å². The zero-order valence-corrected chi connectivity index (χ0v) is 16.5. The van der Waals surface area contributed by atoms with Gasteiger partial charge in [0, 0.05) is 0 Å². The molecule has 0 saturated heterocycles. The van der Waals surface area contributed by atoms with Crippen LogP contribution in [0.15, 0.2) is 0 Å². The van der Waals surface area contributed by atoms with E-state index in [0.29, 0.717) is 0 Å². The molecule has 5 heteroatoms. The van der Waals surface area contributed by atoms with E-state index in [1.54, 1.807) is 0 Å². The van der Waals surface area contributed by atoms with Gasteiger partial charge in [-0.15, -0.1) is 26.4 Å². The van der Waals surface area contributed by atoms with Crippen LogP contribution in [0.25, 0.3) is 0 Å². The van der Waals surface area contributed by atoms with E-state index in [9.17, 15) is 20.4 Å². The maximum absolute atomic E-state index is 9.53. The molecule has 0 spiro atoms. The topological polar surface area (TPSA) is 92.2 Å². The molecule has 0 fully saturated rings. The average molecular weight is 388 g/mol. The summed E-state index contributed by atoms with van der Waals surface area (Å²) in [5.41, 5.74) is 0. The minimum atomic E-state index is 0. The van der Waals surface area contributed by atoms with Crippen molar-refractivity contribution in [2.45, 2.75) is 79.1 Å². The quantitative estimate of drug-likeness (QED) is 0.569. The van der Waals surface area contributed by atoms with Crippen LogP contribution in [0.3, 0.4) is 0 Å². The molecule has 130 valence electrons. The third-order valence-corrected chi connectivity index (χ3v) is 1.99. The number of unbranched alkanes of at least 4 members (excludes halogenated alkanes) is 4. The Balaban J connectivity index is -0.0000000533. The number of rotatable bonds is 8. The smallest absolute Gasteiger partial charge is 0.854 e. The summed E-state index contributed by atoms with van der Waals surface area (Å²) >= 11 is 0. The average Bonchev–Trinajstić information content (AvgIpc) is 2.44. The van der Waals surface area contributed by atoms with Crippen LogP contribution in [-0.2, 0) is 21.1 Å². The van der Waals surface area contributed by atoms with Crippen molar-refractivity contribution in [2.24, 2.45) is 0 Å². The summed E-state index contributed by atoms with van der Waals surface area (Å²) in [6.45, 7) is 8.42. The first kappa shape index (κ1) is 33.2. The molecular formula is C16H36MoO4. The van der Waals surface area contributed by atoms with Gasteiger partial charge >= 0.3 is 21.1 Å². The molecule has 0 atom stereocenters. The van der Waals surface area contributed by atoms with Crippen LogP contribution in [-0.4, -0.2) is 26.4 Å². The Morgan fingerprint density at radius 3 is 0.571 bits per heavy atom. The molecule has 0 aromatic rings. The van der Waals surface area contributed by atoms with Crippen molar-refractivity contribution in [1.29, 1.82) is 0 Å². The molecule has 4 nitrogen and oxygen atoms in total. The molecule has 0 aromatic heterocycles. The fraction of sp³-hybridized carbons (Fsp3) is 1.00. The monoisotopic (exact) mass is 390 g/mol. The van der Waals surface area contributed by atoms with Crippen LogP contribution in [0.1, 0.15) is 79.1 Å². The van der Waals surface area contributed by atoms with E-state index in [4.69, 9.17) is 0 Å². The SMILES string of the molecule is CCCC[O-].CCCC[O-].CCCC[O-].CCCC[O-].[Mo+4]. The van der Waals surface area contributed by atoms with Crippen LogP contribution in [0.2, 0.25) is 0 Å². The Morgan fingerprint density at radius 1 is 0.429 bits per heavy atom. The Labute approximate surface area is 147 Å². The molecular weight excluding hydrogens is 352 g/mol. The van der Waals surface area contributed by atoms with Gasteiger partial charge in [0.25, 0.3) is 0 Å². The van der Waals surface area contributed by atoms with E-state index in [2.05, 4.69) is 0 Å². The molecule has 0 aliphatic carbocycles. The van der Waals surface area contributed by atoms with Crippen LogP contribution in [0, 0.1) is 0 Å². The van der Waals surface area contributed by atoms with Crippen molar-refractivity contribution < 1.29 is 41.5 Å². The van der Waals surface area contributed by atoms with Crippen LogP contribution in [0.4, 0.5) is 0 Å². The van der Waals surface area contributed by atoms with Crippen molar-refractivity contribution in [3.63, 3.8) is 0 Å². The molecule has 0 amide bonds. The zero-order valence-electron chi connectivity index (χ0n) is 14.5. The van der Waals surface area contributed by atoms with Gasteiger partial charge in [0.2, 0.25) is 0 Å². The summed E-state index contributed by atoms with van der Waals surface area (Å²) < 4.78 is 0. The van der Waals surface area contributed by atoms with Crippen molar-refractivity contribution in [3.8, 4) is 0 Å². The van der Waals surface area contributed by atoms with Crippen molar-refractivity contribution in [3.05, 3.63) is 0 Å². The molecule has 0 rings (SSSR count). The van der Waals surface area contributed by atoms with E-state index in [1.807, 2.05) is 27.7 Å². The third kappa shape index (κ3) is 96.9. The molecule has 0 aliphatic heterocycles. The van der Waals surface area contributed by atoms with Gasteiger partial charge in [-0.25, -0.2) is 0 Å². The predicted octanol–water partition coefficient (Wildman–Crippen LogP) is 0.585. The Morgan fingerprint density at radius 2 is 0.571 bits per heavy atom. The predicted molar refractivity (Wildman–Crippen MR) is 79.1 cm³/mol. The van der Waals surface area contributed by atoms with Gasteiger partial charge in [-0.3, -0.25) is 0 Å². The first-order valence-electron chi connectivity index (χ1n) is 7.98. The molecule has 0 unspecified atom stereocenters. The van der Waals surface area contributed by atoms with Gasteiger partial charge in [-0.2, -0.15) is 0 Å². The summed E-state index contributed by atoms with van der Waals surface area (Å²) in [5, 5.41) is 38.1. The second-order valence-electron chi connectivity index (χ2n) is 4.23. The minimum absolute atomic E-state index is 0. The molecule has 0 bridgehead atoms. The summed E-state index contributed by atoms with van der Waals surface area (Å²) in [6, 6.07) is 0. The van der Waals surface area contributed by atoms with Gasteiger partial charge < -0.3 is 20.4 Å². The second-order valence-corrected chi connectivity index (χ2v) is 4.23. The van der Waals surface area contributed by atoms with Gasteiger partial charge in [-0.05, 0) is 0 Å². The Bertz CT molecular complexity index is 74.3. The van der Waals surface area contributed by atoms with E-state index < -0.39 is 0 Å². The van der Waals surface area contributed by atoms with Crippen molar-refractivity contribution >= 4 is 0 Å². The molecule has 21 heavy (non-hydrogen) atoms. The zero-order chi connectivity index (χ0) is 16.5. The number of hydrogen-bond acceptors (Lipinski definition) is 4. The van der Waals surface area contributed by atoms with Crippen LogP contribution in [0.5, 0.6) is 0 Å². The summed E-state index contributed by atoms with van der Waals surface area (Å²) in [7, 11) is 0.